The van der Waals surface area contributed by atoms with Crippen molar-refractivity contribution in [1.82, 2.24) is 4.90 Å². The van der Waals surface area contributed by atoms with Crippen LogP contribution in [-0.2, 0) is 0 Å². The van der Waals surface area contributed by atoms with Gasteiger partial charge in [0.2, 0.25) is 0 Å². The molecule has 1 heterocycles. The van der Waals surface area contributed by atoms with Crippen molar-refractivity contribution < 1.29 is 8.78 Å². The molecule has 0 radical (unpaired) electrons. The normalized spacial score (nSPS) is 19.2. The fourth-order valence-electron chi connectivity index (χ4n) is 2.62. The highest BCUT2D eigenvalue weighted by molar-refractivity contribution is 5.25. The molecule has 2 N–H and O–H groups in total. The second kappa shape index (κ2) is 4.94. The number of hydrogen-bond donors (Lipinski definition) is 1. The molecule has 2 rings (SSSR count). The topological polar surface area (TPSA) is 29.3 Å². The Bertz CT molecular complexity index is 426. The van der Waals surface area contributed by atoms with Crippen LogP contribution in [-0.4, -0.2) is 23.5 Å². The van der Waals surface area contributed by atoms with Crippen LogP contribution < -0.4 is 5.73 Å². The van der Waals surface area contributed by atoms with Gasteiger partial charge >= 0.3 is 0 Å². The maximum atomic E-state index is 13.8. The van der Waals surface area contributed by atoms with Crippen molar-refractivity contribution in [3.05, 3.63) is 35.4 Å². The van der Waals surface area contributed by atoms with E-state index in [0.29, 0.717) is 5.56 Å². The summed E-state index contributed by atoms with van der Waals surface area (Å²) in [5.74, 6) is -1.13. The van der Waals surface area contributed by atoms with E-state index < -0.39 is 17.7 Å². The maximum Gasteiger partial charge on any atom is 0.130 e. The molecule has 100 valence electrons. The number of benzene rings is 1. The monoisotopic (exact) mass is 254 g/mol. The van der Waals surface area contributed by atoms with Crippen LogP contribution in [0.4, 0.5) is 8.78 Å². The van der Waals surface area contributed by atoms with Crippen LogP contribution in [0.2, 0.25) is 0 Å². The van der Waals surface area contributed by atoms with Crippen LogP contribution in [0.1, 0.15) is 38.3 Å². The highest BCUT2D eigenvalue weighted by Crippen LogP contribution is 2.33. The summed E-state index contributed by atoms with van der Waals surface area (Å²) in [4.78, 5) is 2.28. The van der Waals surface area contributed by atoms with Crippen LogP contribution in [0.15, 0.2) is 18.2 Å². The van der Waals surface area contributed by atoms with Crippen molar-refractivity contribution in [2.24, 2.45) is 5.73 Å². The first-order valence-corrected chi connectivity index (χ1v) is 6.38. The summed E-state index contributed by atoms with van der Waals surface area (Å²) in [5.41, 5.74) is 6.26. The summed E-state index contributed by atoms with van der Waals surface area (Å²) in [6.45, 7) is 6.02. The van der Waals surface area contributed by atoms with Gasteiger partial charge in [-0.3, -0.25) is 4.90 Å². The van der Waals surface area contributed by atoms with Gasteiger partial charge in [-0.1, -0.05) is 6.07 Å². The summed E-state index contributed by atoms with van der Waals surface area (Å²) < 4.78 is 26.7. The predicted molar refractivity (Wildman–Crippen MR) is 68.2 cm³/mol. The van der Waals surface area contributed by atoms with E-state index in [0.717, 1.165) is 32.0 Å². The van der Waals surface area contributed by atoms with Crippen LogP contribution in [0, 0.1) is 11.6 Å². The van der Waals surface area contributed by atoms with Crippen molar-refractivity contribution in [3.8, 4) is 0 Å². The van der Waals surface area contributed by atoms with E-state index in [4.69, 9.17) is 5.73 Å². The zero-order valence-electron chi connectivity index (χ0n) is 10.9. The quantitative estimate of drug-likeness (QED) is 0.898. The van der Waals surface area contributed by atoms with Gasteiger partial charge in [0.1, 0.15) is 11.6 Å². The number of halogens is 2. The third kappa shape index (κ3) is 2.40. The van der Waals surface area contributed by atoms with Crippen molar-refractivity contribution >= 4 is 0 Å². The lowest BCUT2D eigenvalue weighted by Gasteiger charge is -2.40. The zero-order chi connectivity index (χ0) is 13.3. The van der Waals surface area contributed by atoms with Gasteiger partial charge in [-0.2, -0.15) is 0 Å². The first-order chi connectivity index (χ1) is 8.43. The van der Waals surface area contributed by atoms with E-state index in [9.17, 15) is 8.78 Å². The van der Waals surface area contributed by atoms with E-state index in [1.54, 1.807) is 0 Å². The molecule has 1 aliphatic rings. The summed E-state index contributed by atoms with van der Waals surface area (Å²) in [6.07, 6.45) is 2.31. The maximum absolute atomic E-state index is 13.8. The lowest BCUT2D eigenvalue weighted by Crippen LogP contribution is -2.50. The summed E-state index contributed by atoms with van der Waals surface area (Å²) >= 11 is 0. The molecule has 0 aliphatic carbocycles. The van der Waals surface area contributed by atoms with Gasteiger partial charge in [-0.25, -0.2) is 8.78 Å². The molecule has 1 aromatic carbocycles. The molecular weight excluding hydrogens is 234 g/mol. The molecule has 0 amide bonds. The fourth-order valence-corrected chi connectivity index (χ4v) is 2.62. The summed E-state index contributed by atoms with van der Waals surface area (Å²) in [6, 6.07) is 3.15. The lowest BCUT2D eigenvalue weighted by molar-refractivity contribution is 0.122. The van der Waals surface area contributed by atoms with E-state index in [-0.39, 0.29) is 5.54 Å². The van der Waals surface area contributed by atoms with Gasteiger partial charge in [-0.05, 0) is 45.8 Å². The van der Waals surface area contributed by atoms with Gasteiger partial charge in [0, 0.05) is 17.2 Å². The third-order valence-corrected chi connectivity index (χ3v) is 3.98. The molecule has 1 saturated heterocycles. The molecule has 1 unspecified atom stereocenters. The Hall–Kier alpha value is -1.00. The first kappa shape index (κ1) is 13.4. The molecule has 0 bridgehead atoms. The summed E-state index contributed by atoms with van der Waals surface area (Å²) in [7, 11) is 0. The Kier molecular flexibility index (Phi) is 3.69. The molecule has 18 heavy (non-hydrogen) atoms. The fraction of sp³-hybridized carbons (Fsp3) is 0.571. The van der Waals surface area contributed by atoms with E-state index in [1.807, 2.05) is 13.8 Å². The number of nitrogens with two attached hydrogens (primary N) is 1. The standard InChI is InChI=1S/C14H20F2N2/c1-14(2,18-7-3-4-8-18)13(17)11-6-5-10(15)9-12(11)16/h5-6,9,13H,3-4,7-8,17H2,1-2H3. The molecular formula is C14H20F2N2. The Balaban J connectivity index is 2.26. The molecule has 0 spiro atoms. The second-order valence-electron chi connectivity index (χ2n) is 5.49. The molecule has 1 fully saturated rings. The van der Waals surface area contributed by atoms with Crippen LogP contribution >= 0.6 is 0 Å². The predicted octanol–water partition coefficient (Wildman–Crippen LogP) is 2.84. The molecule has 0 saturated carbocycles. The average Bonchev–Trinajstić information content (AvgIpc) is 2.82. The Labute approximate surface area is 107 Å². The van der Waals surface area contributed by atoms with E-state index in [2.05, 4.69) is 4.90 Å². The third-order valence-electron chi connectivity index (χ3n) is 3.98. The lowest BCUT2D eigenvalue weighted by atomic mass is 9.87. The van der Waals surface area contributed by atoms with Crippen LogP contribution in [0.3, 0.4) is 0 Å². The van der Waals surface area contributed by atoms with Gasteiger partial charge in [0.25, 0.3) is 0 Å². The highest BCUT2D eigenvalue weighted by Gasteiger charge is 2.36. The number of hydrogen-bond acceptors (Lipinski definition) is 2. The van der Waals surface area contributed by atoms with Crippen LogP contribution in [0.5, 0.6) is 0 Å². The molecule has 1 aliphatic heterocycles. The van der Waals surface area contributed by atoms with Crippen LogP contribution in [0.25, 0.3) is 0 Å². The number of nitrogens with zero attached hydrogens (tertiary/aromatic N) is 1. The van der Waals surface area contributed by atoms with Crippen molar-refractivity contribution in [2.45, 2.75) is 38.3 Å². The first-order valence-electron chi connectivity index (χ1n) is 6.38. The van der Waals surface area contributed by atoms with Gasteiger partial charge in [0.15, 0.2) is 0 Å². The largest absolute Gasteiger partial charge is 0.322 e. The molecule has 2 nitrogen and oxygen atoms in total. The van der Waals surface area contributed by atoms with Crippen molar-refractivity contribution in [2.75, 3.05) is 13.1 Å². The number of likely N-dealkylation sites (tertiary alicyclic amines) is 1. The molecule has 1 atom stereocenters. The van der Waals surface area contributed by atoms with Gasteiger partial charge < -0.3 is 5.73 Å². The van der Waals surface area contributed by atoms with Gasteiger partial charge in [0.05, 0.1) is 6.04 Å². The van der Waals surface area contributed by atoms with Crippen molar-refractivity contribution in [1.29, 1.82) is 0 Å². The highest BCUT2D eigenvalue weighted by atomic mass is 19.1. The minimum atomic E-state index is -0.567. The van der Waals surface area contributed by atoms with E-state index in [1.165, 1.54) is 12.1 Å². The minimum Gasteiger partial charge on any atom is -0.322 e. The summed E-state index contributed by atoms with van der Waals surface area (Å²) in [5, 5.41) is 0. The van der Waals surface area contributed by atoms with Gasteiger partial charge in [-0.15, -0.1) is 0 Å². The Morgan fingerprint density at radius 1 is 1.22 bits per heavy atom. The van der Waals surface area contributed by atoms with E-state index >= 15 is 0 Å². The zero-order valence-corrected chi connectivity index (χ0v) is 10.9. The minimum absolute atomic E-state index is 0.324. The second-order valence-corrected chi connectivity index (χ2v) is 5.49. The smallest absolute Gasteiger partial charge is 0.130 e. The molecule has 4 heteroatoms. The molecule has 0 aromatic heterocycles. The number of rotatable bonds is 3. The SMILES string of the molecule is CC(C)(C(N)c1ccc(F)cc1F)N1CCCC1. The Morgan fingerprint density at radius 3 is 2.39 bits per heavy atom. The van der Waals surface area contributed by atoms with Crippen molar-refractivity contribution in [3.63, 3.8) is 0 Å². The average molecular weight is 254 g/mol. The molecule has 1 aromatic rings. The Morgan fingerprint density at radius 2 is 1.83 bits per heavy atom.